The zero-order chi connectivity index (χ0) is 15.6. The predicted octanol–water partition coefficient (Wildman–Crippen LogP) is 1.83. The van der Waals surface area contributed by atoms with Crippen LogP contribution in [-0.2, 0) is 16.6 Å². The Morgan fingerprint density at radius 2 is 2.00 bits per heavy atom. The number of aryl methyl sites for hydroxylation is 2. The molecule has 0 saturated carbocycles. The second kappa shape index (κ2) is 6.00. The number of anilines is 1. The number of nitrogens with zero attached hydrogens (tertiary/aromatic N) is 1. The number of hydrogen-bond acceptors (Lipinski definition) is 6. The monoisotopic (exact) mass is 327 g/mol. The molecule has 0 aliphatic rings. The maximum atomic E-state index is 12.4. The van der Waals surface area contributed by atoms with E-state index in [1.807, 2.05) is 13.8 Å². The SMILES string of the molecule is COc1cc(C)c(C)cc1S(=O)(=O)NCc1csc(N)n1. The van der Waals surface area contributed by atoms with Crippen LogP contribution in [0.4, 0.5) is 5.13 Å². The first kappa shape index (κ1) is 15.7. The van der Waals surface area contributed by atoms with Crippen LogP contribution in [0.3, 0.4) is 0 Å². The van der Waals surface area contributed by atoms with Gasteiger partial charge in [-0.3, -0.25) is 0 Å². The van der Waals surface area contributed by atoms with E-state index in [9.17, 15) is 8.42 Å². The molecule has 1 aromatic carbocycles. The number of ether oxygens (including phenoxy) is 1. The van der Waals surface area contributed by atoms with E-state index in [2.05, 4.69) is 9.71 Å². The molecule has 1 heterocycles. The topological polar surface area (TPSA) is 94.3 Å². The Morgan fingerprint density at radius 1 is 1.33 bits per heavy atom. The molecule has 0 bridgehead atoms. The molecular formula is C13H17N3O3S2. The maximum Gasteiger partial charge on any atom is 0.244 e. The number of aromatic nitrogens is 1. The summed E-state index contributed by atoms with van der Waals surface area (Å²) < 4.78 is 32.5. The minimum atomic E-state index is -3.68. The standard InChI is InChI=1S/C13H17N3O3S2/c1-8-4-11(19-3)12(5-9(8)2)21(17,18)15-6-10-7-20-13(14)16-10/h4-5,7,15H,6H2,1-3H3,(H2,14,16). The van der Waals surface area contributed by atoms with Gasteiger partial charge in [0.25, 0.3) is 0 Å². The van der Waals surface area contributed by atoms with E-state index >= 15 is 0 Å². The van der Waals surface area contributed by atoms with Gasteiger partial charge in [-0.15, -0.1) is 11.3 Å². The van der Waals surface area contributed by atoms with Gasteiger partial charge in [0.1, 0.15) is 10.6 Å². The fraction of sp³-hybridized carbons (Fsp3) is 0.308. The Bertz CT molecular complexity index is 754. The second-order valence-electron chi connectivity index (χ2n) is 4.59. The van der Waals surface area contributed by atoms with Gasteiger partial charge in [-0.1, -0.05) is 0 Å². The van der Waals surface area contributed by atoms with Gasteiger partial charge in [0.05, 0.1) is 19.3 Å². The molecule has 0 atom stereocenters. The molecule has 21 heavy (non-hydrogen) atoms. The summed E-state index contributed by atoms with van der Waals surface area (Å²) in [5.74, 6) is 0.323. The van der Waals surface area contributed by atoms with Crippen LogP contribution in [0.15, 0.2) is 22.4 Å². The van der Waals surface area contributed by atoms with Crippen molar-refractivity contribution in [2.75, 3.05) is 12.8 Å². The number of rotatable bonds is 5. The lowest BCUT2D eigenvalue weighted by atomic mass is 10.1. The highest BCUT2D eigenvalue weighted by Gasteiger charge is 2.20. The maximum absolute atomic E-state index is 12.4. The predicted molar refractivity (Wildman–Crippen MR) is 83.0 cm³/mol. The highest BCUT2D eigenvalue weighted by atomic mass is 32.2. The molecule has 2 rings (SSSR count). The van der Waals surface area contributed by atoms with Crippen LogP contribution in [-0.4, -0.2) is 20.5 Å². The fourth-order valence-corrected chi connectivity index (χ4v) is 3.58. The van der Waals surface area contributed by atoms with E-state index in [4.69, 9.17) is 10.5 Å². The van der Waals surface area contributed by atoms with Crippen molar-refractivity contribution in [3.05, 3.63) is 34.3 Å². The minimum Gasteiger partial charge on any atom is -0.495 e. The zero-order valence-corrected chi connectivity index (χ0v) is 13.6. The normalized spacial score (nSPS) is 11.6. The van der Waals surface area contributed by atoms with Gasteiger partial charge in [-0.25, -0.2) is 18.1 Å². The lowest BCUT2D eigenvalue weighted by molar-refractivity contribution is 0.401. The average molecular weight is 327 g/mol. The highest BCUT2D eigenvalue weighted by Crippen LogP contribution is 2.27. The van der Waals surface area contributed by atoms with Crippen LogP contribution in [0.5, 0.6) is 5.75 Å². The molecule has 114 valence electrons. The molecule has 3 N–H and O–H groups in total. The van der Waals surface area contributed by atoms with Crippen molar-refractivity contribution in [1.29, 1.82) is 0 Å². The van der Waals surface area contributed by atoms with Crippen LogP contribution >= 0.6 is 11.3 Å². The van der Waals surface area contributed by atoms with Gasteiger partial charge in [-0.05, 0) is 37.1 Å². The van der Waals surface area contributed by atoms with E-state index < -0.39 is 10.0 Å². The molecule has 0 fully saturated rings. The lowest BCUT2D eigenvalue weighted by Crippen LogP contribution is -2.24. The Balaban J connectivity index is 2.28. The summed E-state index contributed by atoms with van der Waals surface area (Å²) in [6.07, 6.45) is 0. The summed E-state index contributed by atoms with van der Waals surface area (Å²) in [4.78, 5) is 4.14. The smallest absolute Gasteiger partial charge is 0.244 e. The number of methoxy groups -OCH3 is 1. The molecule has 0 aliphatic heterocycles. The number of hydrogen-bond donors (Lipinski definition) is 2. The minimum absolute atomic E-state index is 0.0894. The first-order valence-corrected chi connectivity index (χ1v) is 8.54. The quantitative estimate of drug-likeness (QED) is 0.873. The first-order chi connectivity index (χ1) is 9.83. The Kier molecular flexibility index (Phi) is 4.50. The molecule has 8 heteroatoms. The Labute approximate surface area is 128 Å². The molecule has 1 aromatic heterocycles. The van der Waals surface area contributed by atoms with Crippen LogP contribution in [0.25, 0.3) is 0 Å². The summed E-state index contributed by atoms with van der Waals surface area (Å²) in [5.41, 5.74) is 7.96. The molecule has 0 saturated heterocycles. The van der Waals surface area contributed by atoms with Crippen molar-refractivity contribution in [2.24, 2.45) is 0 Å². The van der Waals surface area contributed by atoms with Crippen molar-refractivity contribution in [1.82, 2.24) is 9.71 Å². The number of sulfonamides is 1. The summed E-state index contributed by atoms with van der Waals surface area (Å²) in [7, 11) is -2.23. The lowest BCUT2D eigenvalue weighted by Gasteiger charge is -2.12. The molecule has 0 unspecified atom stereocenters. The van der Waals surface area contributed by atoms with Crippen molar-refractivity contribution in [2.45, 2.75) is 25.3 Å². The first-order valence-electron chi connectivity index (χ1n) is 6.18. The molecule has 6 nitrogen and oxygen atoms in total. The zero-order valence-electron chi connectivity index (χ0n) is 12.0. The van der Waals surface area contributed by atoms with Gasteiger partial charge >= 0.3 is 0 Å². The van der Waals surface area contributed by atoms with E-state index in [0.29, 0.717) is 16.6 Å². The number of benzene rings is 1. The van der Waals surface area contributed by atoms with Gasteiger partial charge in [-0.2, -0.15) is 0 Å². The third-order valence-corrected chi connectivity index (χ3v) is 5.23. The van der Waals surface area contributed by atoms with Crippen molar-refractivity contribution in [3.8, 4) is 5.75 Å². The summed E-state index contributed by atoms with van der Waals surface area (Å²) in [6.45, 7) is 3.85. The van der Waals surface area contributed by atoms with Gasteiger partial charge < -0.3 is 10.5 Å². The third kappa shape index (κ3) is 3.52. The van der Waals surface area contributed by atoms with Gasteiger partial charge in [0.2, 0.25) is 10.0 Å². The van der Waals surface area contributed by atoms with Crippen molar-refractivity contribution in [3.63, 3.8) is 0 Å². The second-order valence-corrected chi connectivity index (χ2v) is 7.21. The molecule has 0 amide bonds. The highest BCUT2D eigenvalue weighted by molar-refractivity contribution is 7.89. The number of nitrogens with one attached hydrogen (secondary N) is 1. The third-order valence-electron chi connectivity index (χ3n) is 3.08. The number of nitrogen functional groups attached to an aromatic ring is 1. The van der Waals surface area contributed by atoms with Crippen LogP contribution in [0.1, 0.15) is 16.8 Å². The fourth-order valence-electron chi connectivity index (χ4n) is 1.78. The molecule has 0 radical (unpaired) electrons. The summed E-state index contributed by atoms with van der Waals surface area (Å²) in [6, 6.07) is 3.32. The summed E-state index contributed by atoms with van der Waals surface area (Å²) in [5, 5.41) is 2.13. The van der Waals surface area contributed by atoms with Crippen LogP contribution < -0.4 is 15.2 Å². The average Bonchev–Trinajstić information content (AvgIpc) is 2.85. The molecular weight excluding hydrogens is 310 g/mol. The largest absolute Gasteiger partial charge is 0.495 e. The number of nitrogens with two attached hydrogens (primary N) is 1. The van der Waals surface area contributed by atoms with E-state index in [-0.39, 0.29) is 11.4 Å². The molecule has 2 aromatic rings. The number of thiazole rings is 1. The van der Waals surface area contributed by atoms with Crippen molar-refractivity contribution >= 4 is 26.5 Å². The van der Waals surface area contributed by atoms with E-state index in [1.54, 1.807) is 17.5 Å². The van der Waals surface area contributed by atoms with Gasteiger partial charge in [0.15, 0.2) is 5.13 Å². The Morgan fingerprint density at radius 3 is 2.57 bits per heavy atom. The molecule has 0 aliphatic carbocycles. The molecule has 0 spiro atoms. The Hall–Kier alpha value is -1.64. The summed E-state index contributed by atoms with van der Waals surface area (Å²) >= 11 is 1.27. The van der Waals surface area contributed by atoms with E-state index in [1.165, 1.54) is 18.4 Å². The van der Waals surface area contributed by atoms with Crippen LogP contribution in [0, 0.1) is 13.8 Å². The van der Waals surface area contributed by atoms with Gasteiger partial charge in [0, 0.05) is 5.38 Å². The van der Waals surface area contributed by atoms with Crippen molar-refractivity contribution < 1.29 is 13.2 Å². The van der Waals surface area contributed by atoms with E-state index in [0.717, 1.165) is 11.1 Å². The van der Waals surface area contributed by atoms with Crippen LogP contribution in [0.2, 0.25) is 0 Å².